The van der Waals surface area contributed by atoms with Crippen LogP contribution in [0.3, 0.4) is 0 Å². The number of benzene rings is 2. The van der Waals surface area contributed by atoms with Gasteiger partial charge in [0.05, 0.1) is 17.5 Å². The number of aliphatic hydroxyl groups is 1. The van der Waals surface area contributed by atoms with Gasteiger partial charge in [0, 0.05) is 35.9 Å². The van der Waals surface area contributed by atoms with Crippen molar-refractivity contribution in [2.75, 3.05) is 0 Å². The van der Waals surface area contributed by atoms with Gasteiger partial charge in [-0.05, 0) is 30.2 Å². The Labute approximate surface area is 157 Å². The highest BCUT2D eigenvalue weighted by Gasteiger charge is 2.50. The summed E-state index contributed by atoms with van der Waals surface area (Å²) < 4.78 is 6.41. The van der Waals surface area contributed by atoms with Crippen molar-refractivity contribution in [1.29, 1.82) is 0 Å². The summed E-state index contributed by atoms with van der Waals surface area (Å²) in [6.07, 6.45) is 4.97. The standard InChI is InChI=1S/C21H19ClN2O2/c22-15-8-9-20-17(11-15)19-12-18(14-5-2-1-3-6-14)23-24(19)21(26-20)10-4-7-16(25)13-21/h1-3,5-6,8-9,11,13,19,25H,4,7,10,12H2. The monoisotopic (exact) mass is 366 g/mol. The predicted molar refractivity (Wildman–Crippen MR) is 102 cm³/mol. The molecule has 0 aromatic heterocycles. The van der Waals surface area contributed by atoms with Crippen molar-refractivity contribution < 1.29 is 9.84 Å². The third kappa shape index (κ3) is 2.40. The number of aliphatic hydroxyl groups excluding tert-OH is 1. The molecule has 2 heterocycles. The first-order chi connectivity index (χ1) is 12.6. The second-order valence-electron chi connectivity index (χ2n) is 7.10. The highest BCUT2D eigenvalue weighted by molar-refractivity contribution is 6.30. The third-order valence-electron chi connectivity index (χ3n) is 5.38. The summed E-state index contributed by atoms with van der Waals surface area (Å²) in [5.74, 6) is 1.20. The number of ether oxygens (including phenoxy) is 1. The number of fused-ring (bicyclic) bond motifs is 4. The molecule has 132 valence electrons. The summed E-state index contributed by atoms with van der Waals surface area (Å²) in [7, 11) is 0. The van der Waals surface area contributed by atoms with Gasteiger partial charge in [0.1, 0.15) is 5.75 Å². The minimum absolute atomic E-state index is 0.0507. The zero-order chi connectivity index (χ0) is 17.7. The molecule has 5 rings (SSSR count). The van der Waals surface area contributed by atoms with Gasteiger partial charge in [-0.25, -0.2) is 5.01 Å². The van der Waals surface area contributed by atoms with Crippen LogP contribution in [0.2, 0.25) is 5.02 Å². The summed E-state index contributed by atoms with van der Waals surface area (Å²) in [5, 5.41) is 17.9. The number of hydrogen-bond acceptors (Lipinski definition) is 4. The van der Waals surface area contributed by atoms with Crippen LogP contribution in [0.5, 0.6) is 5.75 Å². The van der Waals surface area contributed by atoms with E-state index < -0.39 is 5.72 Å². The quantitative estimate of drug-likeness (QED) is 0.753. The maximum atomic E-state index is 10.2. The van der Waals surface area contributed by atoms with Gasteiger partial charge >= 0.3 is 0 Å². The van der Waals surface area contributed by atoms with Gasteiger partial charge in [-0.1, -0.05) is 41.9 Å². The molecule has 3 aliphatic rings. The number of allylic oxidation sites excluding steroid dienone is 1. The van der Waals surface area contributed by atoms with Crippen LogP contribution < -0.4 is 4.74 Å². The largest absolute Gasteiger partial charge is 0.512 e. The van der Waals surface area contributed by atoms with Crippen LogP contribution in [0.25, 0.3) is 0 Å². The van der Waals surface area contributed by atoms with Crippen LogP contribution >= 0.6 is 11.6 Å². The van der Waals surface area contributed by atoms with Crippen molar-refractivity contribution in [2.24, 2.45) is 5.10 Å². The van der Waals surface area contributed by atoms with E-state index in [4.69, 9.17) is 21.4 Å². The second kappa shape index (κ2) is 5.78. The molecule has 0 radical (unpaired) electrons. The molecular weight excluding hydrogens is 348 g/mol. The van der Waals surface area contributed by atoms with Gasteiger partial charge in [0.15, 0.2) is 0 Å². The first-order valence-corrected chi connectivity index (χ1v) is 9.34. The van der Waals surface area contributed by atoms with Gasteiger partial charge in [-0.3, -0.25) is 0 Å². The van der Waals surface area contributed by atoms with E-state index in [0.717, 1.165) is 41.9 Å². The highest BCUT2D eigenvalue weighted by Crippen LogP contribution is 2.50. The van der Waals surface area contributed by atoms with Crippen molar-refractivity contribution in [3.05, 3.63) is 76.5 Å². The molecule has 0 amide bonds. The fourth-order valence-electron chi connectivity index (χ4n) is 4.20. The average Bonchev–Trinajstić information content (AvgIpc) is 3.10. The highest BCUT2D eigenvalue weighted by atomic mass is 35.5. The number of nitrogens with zero attached hydrogens (tertiary/aromatic N) is 2. The molecule has 1 aliphatic carbocycles. The summed E-state index contributed by atoms with van der Waals surface area (Å²) in [6.45, 7) is 0. The molecule has 2 atom stereocenters. The Morgan fingerprint density at radius 1 is 1.19 bits per heavy atom. The Morgan fingerprint density at radius 2 is 2.04 bits per heavy atom. The van der Waals surface area contributed by atoms with Gasteiger partial charge < -0.3 is 9.84 Å². The smallest absolute Gasteiger partial charge is 0.220 e. The normalized spacial score (nSPS) is 26.7. The summed E-state index contributed by atoms with van der Waals surface area (Å²) >= 11 is 6.26. The minimum atomic E-state index is -0.732. The molecule has 0 saturated carbocycles. The molecule has 1 spiro atoms. The lowest BCUT2D eigenvalue weighted by Gasteiger charge is -2.47. The van der Waals surface area contributed by atoms with Crippen LogP contribution in [0.1, 0.15) is 42.9 Å². The Balaban J connectivity index is 1.66. The fraction of sp³-hybridized carbons (Fsp3) is 0.286. The van der Waals surface area contributed by atoms with E-state index in [9.17, 15) is 5.11 Å². The maximum Gasteiger partial charge on any atom is 0.220 e. The van der Waals surface area contributed by atoms with Crippen LogP contribution in [-0.2, 0) is 0 Å². The van der Waals surface area contributed by atoms with Crippen LogP contribution in [0.4, 0.5) is 0 Å². The molecule has 26 heavy (non-hydrogen) atoms. The summed E-state index contributed by atoms with van der Waals surface area (Å²) in [5.41, 5.74) is 2.47. The van der Waals surface area contributed by atoms with E-state index in [2.05, 4.69) is 12.1 Å². The molecule has 0 bridgehead atoms. The molecule has 0 saturated heterocycles. The van der Waals surface area contributed by atoms with E-state index in [1.165, 1.54) is 0 Å². The molecule has 2 aromatic rings. The molecule has 4 nitrogen and oxygen atoms in total. The summed E-state index contributed by atoms with van der Waals surface area (Å²) in [6, 6.07) is 16.0. The first kappa shape index (κ1) is 15.8. The van der Waals surface area contributed by atoms with Crippen molar-refractivity contribution >= 4 is 17.3 Å². The summed E-state index contributed by atoms with van der Waals surface area (Å²) in [4.78, 5) is 0. The topological polar surface area (TPSA) is 45.1 Å². The SMILES string of the molecule is OC1=CC2(CCC1)Oc1ccc(Cl)cc1C1CC(c3ccccc3)=NN12. The fourth-order valence-corrected chi connectivity index (χ4v) is 4.39. The van der Waals surface area contributed by atoms with Crippen LogP contribution in [-0.4, -0.2) is 21.6 Å². The van der Waals surface area contributed by atoms with E-state index >= 15 is 0 Å². The Hall–Kier alpha value is -2.46. The van der Waals surface area contributed by atoms with Gasteiger partial charge in [0.25, 0.3) is 0 Å². The van der Waals surface area contributed by atoms with E-state index in [0.29, 0.717) is 17.2 Å². The lowest BCUT2D eigenvalue weighted by Crippen LogP contribution is -2.53. The number of rotatable bonds is 1. The molecule has 2 unspecified atom stereocenters. The number of hydrogen-bond donors (Lipinski definition) is 1. The van der Waals surface area contributed by atoms with Gasteiger partial charge in [0.2, 0.25) is 5.72 Å². The van der Waals surface area contributed by atoms with Crippen molar-refractivity contribution in [3.8, 4) is 5.75 Å². The Morgan fingerprint density at radius 3 is 2.85 bits per heavy atom. The minimum Gasteiger partial charge on any atom is -0.512 e. The average molecular weight is 367 g/mol. The Kier molecular flexibility index (Phi) is 3.50. The molecule has 2 aromatic carbocycles. The lowest BCUT2D eigenvalue weighted by molar-refractivity contribution is -0.0944. The van der Waals surface area contributed by atoms with E-state index in [1.807, 2.05) is 47.5 Å². The van der Waals surface area contributed by atoms with E-state index in [-0.39, 0.29) is 6.04 Å². The second-order valence-corrected chi connectivity index (χ2v) is 7.53. The molecule has 5 heteroatoms. The zero-order valence-corrected chi connectivity index (χ0v) is 15.0. The molecular formula is C21H19ClN2O2. The van der Waals surface area contributed by atoms with Crippen LogP contribution in [0, 0.1) is 0 Å². The third-order valence-corrected chi connectivity index (χ3v) is 5.62. The molecule has 1 N–H and O–H groups in total. The first-order valence-electron chi connectivity index (χ1n) is 8.96. The van der Waals surface area contributed by atoms with Gasteiger partial charge in [-0.15, -0.1) is 0 Å². The van der Waals surface area contributed by atoms with Gasteiger partial charge in [-0.2, -0.15) is 5.10 Å². The number of halogens is 1. The Bertz CT molecular complexity index is 925. The zero-order valence-electron chi connectivity index (χ0n) is 14.2. The van der Waals surface area contributed by atoms with Crippen molar-refractivity contribution in [1.82, 2.24) is 5.01 Å². The van der Waals surface area contributed by atoms with E-state index in [1.54, 1.807) is 0 Å². The molecule has 2 aliphatic heterocycles. The molecule has 0 fully saturated rings. The van der Waals surface area contributed by atoms with Crippen molar-refractivity contribution in [2.45, 2.75) is 37.5 Å². The maximum absolute atomic E-state index is 10.2. The lowest BCUT2D eigenvalue weighted by atomic mass is 9.90. The van der Waals surface area contributed by atoms with Crippen molar-refractivity contribution in [3.63, 3.8) is 0 Å². The number of hydrazone groups is 1. The predicted octanol–water partition coefficient (Wildman–Crippen LogP) is 5.21. The van der Waals surface area contributed by atoms with Crippen LogP contribution in [0.15, 0.2) is 65.5 Å².